The minimum Gasteiger partial charge on any atom is -0.321 e. The summed E-state index contributed by atoms with van der Waals surface area (Å²) in [6, 6.07) is 12.5. The number of pyridine rings is 1. The molecule has 5 nitrogen and oxygen atoms in total. The van der Waals surface area contributed by atoms with Gasteiger partial charge in [0.2, 0.25) is 5.91 Å². The SMILES string of the molecule is O=C(C=Cc1cccc(C(F)(F)F)c1)Nc1cc(F)ccc1NC(=O)c1ccccn1. The summed E-state index contributed by atoms with van der Waals surface area (Å²) >= 11 is 0. The molecule has 0 fully saturated rings. The second kappa shape index (κ2) is 9.21. The molecule has 0 saturated heterocycles. The van der Waals surface area contributed by atoms with Crippen LogP contribution in [0.5, 0.6) is 0 Å². The van der Waals surface area contributed by atoms with E-state index < -0.39 is 29.4 Å². The number of carbonyl (C=O) groups excluding carboxylic acids is 2. The third-order valence-corrected chi connectivity index (χ3v) is 4.03. The van der Waals surface area contributed by atoms with Gasteiger partial charge in [0.25, 0.3) is 5.91 Å². The lowest BCUT2D eigenvalue weighted by Gasteiger charge is -2.11. The Morgan fingerprint density at radius 2 is 1.71 bits per heavy atom. The van der Waals surface area contributed by atoms with Crippen LogP contribution in [0.3, 0.4) is 0 Å². The highest BCUT2D eigenvalue weighted by Crippen LogP contribution is 2.30. The molecule has 31 heavy (non-hydrogen) atoms. The molecular weight excluding hydrogens is 414 g/mol. The van der Waals surface area contributed by atoms with Crippen LogP contribution in [-0.2, 0) is 11.0 Å². The molecule has 9 heteroatoms. The van der Waals surface area contributed by atoms with Crippen LogP contribution in [0.15, 0.2) is 72.9 Å². The number of hydrogen-bond donors (Lipinski definition) is 2. The van der Waals surface area contributed by atoms with E-state index in [2.05, 4.69) is 15.6 Å². The monoisotopic (exact) mass is 429 g/mol. The van der Waals surface area contributed by atoms with Crippen LogP contribution in [0.25, 0.3) is 6.08 Å². The second-order valence-corrected chi connectivity index (χ2v) is 6.30. The van der Waals surface area contributed by atoms with Crippen LogP contribution in [-0.4, -0.2) is 16.8 Å². The predicted molar refractivity (Wildman–Crippen MR) is 108 cm³/mol. The van der Waals surface area contributed by atoms with Crippen molar-refractivity contribution in [3.8, 4) is 0 Å². The van der Waals surface area contributed by atoms with Crippen molar-refractivity contribution in [3.63, 3.8) is 0 Å². The first-order chi connectivity index (χ1) is 14.7. The van der Waals surface area contributed by atoms with Crippen LogP contribution in [0.4, 0.5) is 28.9 Å². The Balaban J connectivity index is 1.75. The fraction of sp³-hybridized carbons (Fsp3) is 0.0455. The Labute approximate surface area is 174 Å². The van der Waals surface area contributed by atoms with Gasteiger partial charge < -0.3 is 10.6 Å². The Kier molecular flexibility index (Phi) is 6.44. The Morgan fingerprint density at radius 3 is 2.42 bits per heavy atom. The van der Waals surface area contributed by atoms with Gasteiger partial charge in [0.05, 0.1) is 16.9 Å². The molecular formula is C22H15F4N3O2. The van der Waals surface area contributed by atoms with Gasteiger partial charge in [-0.05, 0) is 54.1 Å². The molecule has 2 amide bonds. The van der Waals surface area contributed by atoms with E-state index in [0.717, 1.165) is 30.3 Å². The summed E-state index contributed by atoms with van der Waals surface area (Å²) in [4.78, 5) is 28.4. The number of alkyl halides is 3. The summed E-state index contributed by atoms with van der Waals surface area (Å²) in [5.41, 5.74) is -0.470. The van der Waals surface area contributed by atoms with Crippen molar-refractivity contribution >= 4 is 29.3 Å². The standard InChI is InChI=1S/C22H15F4N3O2/c23-16-8-9-17(29-21(31)18-6-1-2-11-27-18)19(13-16)28-20(30)10-7-14-4-3-5-15(12-14)22(24,25)26/h1-13H,(H,28,30)(H,29,31). The predicted octanol–water partition coefficient (Wildman–Crippen LogP) is 5.14. The van der Waals surface area contributed by atoms with Crippen molar-refractivity contribution in [2.45, 2.75) is 6.18 Å². The zero-order valence-electron chi connectivity index (χ0n) is 15.8. The third-order valence-electron chi connectivity index (χ3n) is 4.03. The summed E-state index contributed by atoms with van der Waals surface area (Å²) in [6.07, 6.45) is -0.879. The van der Waals surface area contributed by atoms with Gasteiger partial charge in [0.15, 0.2) is 0 Å². The molecule has 0 aliphatic carbocycles. The van der Waals surface area contributed by atoms with Crippen molar-refractivity contribution in [3.05, 3.63) is 95.6 Å². The molecule has 1 aromatic heterocycles. The number of aromatic nitrogens is 1. The molecule has 0 spiro atoms. The van der Waals surface area contributed by atoms with E-state index in [1.54, 1.807) is 12.1 Å². The number of amides is 2. The zero-order valence-corrected chi connectivity index (χ0v) is 15.8. The number of nitrogens with one attached hydrogen (secondary N) is 2. The molecule has 0 atom stereocenters. The highest BCUT2D eigenvalue weighted by Gasteiger charge is 2.30. The zero-order chi connectivity index (χ0) is 22.4. The van der Waals surface area contributed by atoms with Gasteiger partial charge in [0.1, 0.15) is 11.5 Å². The molecule has 2 aromatic carbocycles. The van der Waals surface area contributed by atoms with Gasteiger partial charge in [-0.25, -0.2) is 4.39 Å². The Bertz CT molecular complexity index is 1130. The molecule has 0 radical (unpaired) electrons. The van der Waals surface area contributed by atoms with E-state index in [0.29, 0.717) is 0 Å². The minimum atomic E-state index is -4.51. The summed E-state index contributed by atoms with van der Waals surface area (Å²) < 4.78 is 52.0. The normalized spacial score (nSPS) is 11.4. The highest BCUT2D eigenvalue weighted by atomic mass is 19.4. The number of carbonyl (C=O) groups is 2. The van der Waals surface area contributed by atoms with Crippen molar-refractivity contribution in [1.29, 1.82) is 0 Å². The number of benzene rings is 2. The second-order valence-electron chi connectivity index (χ2n) is 6.30. The Hall–Kier alpha value is -4.01. The van der Waals surface area contributed by atoms with Gasteiger partial charge in [0, 0.05) is 12.3 Å². The molecule has 0 aliphatic rings. The number of hydrogen-bond acceptors (Lipinski definition) is 3. The quantitative estimate of drug-likeness (QED) is 0.436. The van der Waals surface area contributed by atoms with E-state index in [-0.39, 0.29) is 22.6 Å². The maximum absolute atomic E-state index is 13.7. The molecule has 3 rings (SSSR count). The van der Waals surface area contributed by atoms with E-state index in [1.165, 1.54) is 36.5 Å². The number of rotatable bonds is 5. The number of nitrogens with zero attached hydrogens (tertiary/aromatic N) is 1. The average molecular weight is 429 g/mol. The lowest BCUT2D eigenvalue weighted by atomic mass is 10.1. The molecule has 0 bridgehead atoms. The summed E-state index contributed by atoms with van der Waals surface area (Å²) in [7, 11) is 0. The molecule has 0 aliphatic heterocycles. The lowest BCUT2D eigenvalue weighted by Crippen LogP contribution is -2.16. The molecule has 158 valence electrons. The van der Waals surface area contributed by atoms with Crippen molar-refractivity contribution in [2.24, 2.45) is 0 Å². The van der Waals surface area contributed by atoms with Crippen LogP contribution in [0.1, 0.15) is 21.6 Å². The van der Waals surface area contributed by atoms with Crippen LogP contribution >= 0.6 is 0 Å². The van der Waals surface area contributed by atoms with E-state index in [4.69, 9.17) is 0 Å². The number of halogens is 4. The fourth-order valence-electron chi connectivity index (χ4n) is 2.58. The first-order valence-electron chi connectivity index (χ1n) is 8.90. The first kappa shape index (κ1) is 21.7. The third kappa shape index (κ3) is 5.99. The maximum Gasteiger partial charge on any atom is 0.416 e. The first-order valence-corrected chi connectivity index (χ1v) is 8.90. The molecule has 0 saturated carbocycles. The minimum absolute atomic E-state index is 0.0250. The van der Waals surface area contributed by atoms with Crippen LogP contribution in [0.2, 0.25) is 0 Å². The van der Waals surface area contributed by atoms with E-state index in [9.17, 15) is 27.2 Å². The lowest BCUT2D eigenvalue weighted by molar-refractivity contribution is -0.137. The van der Waals surface area contributed by atoms with E-state index >= 15 is 0 Å². The van der Waals surface area contributed by atoms with Gasteiger partial charge in [-0.15, -0.1) is 0 Å². The average Bonchev–Trinajstić information content (AvgIpc) is 2.74. The summed E-state index contributed by atoms with van der Waals surface area (Å²) in [5.74, 6) is -1.95. The highest BCUT2D eigenvalue weighted by molar-refractivity contribution is 6.08. The van der Waals surface area contributed by atoms with Crippen molar-refractivity contribution in [2.75, 3.05) is 10.6 Å². The smallest absolute Gasteiger partial charge is 0.321 e. The molecule has 3 aromatic rings. The van der Waals surface area contributed by atoms with Gasteiger partial charge in [-0.1, -0.05) is 18.2 Å². The van der Waals surface area contributed by atoms with Gasteiger partial charge in [-0.2, -0.15) is 13.2 Å². The van der Waals surface area contributed by atoms with Gasteiger partial charge in [-0.3, -0.25) is 14.6 Å². The fourth-order valence-corrected chi connectivity index (χ4v) is 2.58. The van der Waals surface area contributed by atoms with Gasteiger partial charge >= 0.3 is 6.18 Å². The van der Waals surface area contributed by atoms with Crippen LogP contribution in [0, 0.1) is 5.82 Å². The molecule has 2 N–H and O–H groups in total. The van der Waals surface area contributed by atoms with Crippen LogP contribution < -0.4 is 10.6 Å². The van der Waals surface area contributed by atoms with E-state index in [1.807, 2.05) is 0 Å². The Morgan fingerprint density at radius 1 is 0.903 bits per heavy atom. The van der Waals surface area contributed by atoms with Crippen molar-refractivity contribution in [1.82, 2.24) is 4.98 Å². The topological polar surface area (TPSA) is 71.1 Å². The molecule has 1 heterocycles. The van der Waals surface area contributed by atoms with Crippen molar-refractivity contribution < 1.29 is 27.2 Å². The largest absolute Gasteiger partial charge is 0.416 e. The molecule has 0 unspecified atom stereocenters. The summed E-state index contributed by atoms with van der Waals surface area (Å²) in [6.45, 7) is 0. The maximum atomic E-state index is 13.7. The summed E-state index contributed by atoms with van der Waals surface area (Å²) in [5, 5.41) is 4.93. The number of anilines is 2.